The molecule has 0 aliphatic heterocycles. The summed E-state index contributed by atoms with van der Waals surface area (Å²) in [5.74, 6) is 0.858. The lowest BCUT2D eigenvalue weighted by Gasteiger charge is -2.17. The third kappa shape index (κ3) is 5.74. The van der Waals surface area contributed by atoms with Gasteiger partial charge in [-0.05, 0) is 43.5 Å². The Bertz CT molecular complexity index is 819. The molecule has 140 valence electrons. The molecule has 3 aromatic rings. The molecule has 3 rings (SSSR count). The van der Waals surface area contributed by atoms with Gasteiger partial charge < -0.3 is 15.6 Å². The second-order valence-electron chi connectivity index (χ2n) is 6.39. The third-order valence-corrected chi connectivity index (χ3v) is 5.21. The standard InChI is InChI=1S/C20H26N4S.HI/c1-14(12-18-9-8-15(2)25-18)23-20(21-3)22-11-10-17-13-16-6-4-5-7-19(16)24-17;/h4-9,13-14,24H,10-12H2,1-3H3,(H2,21,22,23);1H. The van der Waals surface area contributed by atoms with Crippen molar-refractivity contribution in [1.29, 1.82) is 0 Å². The second kappa shape index (κ2) is 9.97. The predicted molar refractivity (Wildman–Crippen MR) is 124 cm³/mol. The van der Waals surface area contributed by atoms with Crippen molar-refractivity contribution in [1.82, 2.24) is 15.6 Å². The van der Waals surface area contributed by atoms with Gasteiger partial charge in [0.15, 0.2) is 5.96 Å². The number of hydrogen-bond acceptors (Lipinski definition) is 2. The average molecular weight is 482 g/mol. The summed E-state index contributed by atoms with van der Waals surface area (Å²) in [4.78, 5) is 10.6. The van der Waals surface area contributed by atoms with Crippen molar-refractivity contribution >= 4 is 52.2 Å². The molecule has 0 aliphatic carbocycles. The highest BCUT2D eigenvalue weighted by Crippen LogP contribution is 2.17. The topological polar surface area (TPSA) is 52.2 Å². The van der Waals surface area contributed by atoms with Crippen molar-refractivity contribution in [3.05, 3.63) is 57.9 Å². The number of para-hydroxylation sites is 1. The number of fused-ring (bicyclic) bond motifs is 1. The third-order valence-electron chi connectivity index (χ3n) is 4.18. The van der Waals surface area contributed by atoms with Crippen LogP contribution in [0.1, 0.15) is 22.4 Å². The van der Waals surface area contributed by atoms with E-state index in [0.717, 1.165) is 25.3 Å². The second-order valence-corrected chi connectivity index (χ2v) is 7.77. The largest absolute Gasteiger partial charge is 0.358 e. The lowest BCUT2D eigenvalue weighted by atomic mass is 10.2. The lowest BCUT2D eigenvalue weighted by Crippen LogP contribution is -2.43. The van der Waals surface area contributed by atoms with E-state index < -0.39 is 0 Å². The van der Waals surface area contributed by atoms with E-state index in [1.54, 1.807) is 0 Å². The molecule has 6 heteroatoms. The molecule has 0 aliphatic rings. The van der Waals surface area contributed by atoms with Gasteiger partial charge in [-0.2, -0.15) is 0 Å². The Labute approximate surface area is 176 Å². The van der Waals surface area contributed by atoms with Gasteiger partial charge in [-0.1, -0.05) is 18.2 Å². The summed E-state index contributed by atoms with van der Waals surface area (Å²) >= 11 is 1.86. The minimum Gasteiger partial charge on any atom is -0.358 e. The number of H-pyrrole nitrogens is 1. The number of aromatic nitrogens is 1. The quantitative estimate of drug-likeness (QED) is 0.276. The zero-order valence-electron chi connectivity index (χ0n) is 15.5. The Hall–Kier alpha value is -1.54. The molecule has 0 amide bonds. The smallest absolute Gasteiger partial charge is 0.191 e. The van der Waals surface area contributed by atoms with Gasteiger partial charge in [0, 0.05) is 53.4 Å². The zero-order valence-corrected chi connectivity index (χ0v) is 18.7. The van der Waals surface area contributed by atoms with E-state index in [2.05, 4.69) is 76.9 Å². The van der Waals surface area contributed by atoms with Gasteiger partial charge in [0.05, 0.1) is 0 Å². The summed E-state index contributed by atoms with van der Waals surface area (Å²) in [6.07, 6.45) is 1.95. The van der Waals surface area contributed by atoms with E-state index in [9.17, 15) is 0 Å². The highest BCUT2D eigenvalue weighted by atomic mass is 127. The number of aryl methyl sites for hydroxylation is 1. The summed E-state index contributed by atoms with van der Waals surface area (Å²) in [5, 5.41) is 8.14. The Balaban J connectivity index is 0.00000243. The molecule has 0 spiro atoms. The number of aromatic amines is 1. The fourth-order valence-corrected chi connectivity index (χ4v) is 3.98. The number of halogens is 1. The highest BCUT2D eigenvalue weighted by Gasteiger charge is 2.08. The molecule has 1 unspecified atom stereocenters. The SMILES string of the molecule is CN=C(NCCc1cc2ccccc2[nH]1)NC(C)Cc1ccc(C)s1.I. The van der Waals surface area contributed by atoms with Gasteiger partial charge in [0.1, 0.15) is 0 Å². The molecule has 26 heavy (non-hydrogen) atoms. The average Bonchev–Trinajstić information content (AvgIpc) is 3.19. The molecular weight excluding hydrogens is 455 g/mol. The lowest BCUT2D eigenvalue weighted by molar-refractivity contribution is 0.644. The molecular formula is C20H27IN4S. The molecule has 0 bridgehead atoms. The van der Waals surface area contributed by atoms with Crippen LogP contribution in [0.25, 0.3) is 10.9 Å². The van der Waals surface area contributed by atoms with Crippen LogP contribution in [-0.4, -0.2) is 30.6 Å². The van der Waals surface area contributed by atoms with Gasteiger partial charge in [-0.15, -0.1) is 35.3 Å². The number of aliphatic imine (C=N–C) groups is 1. The number of benzene rings is 1. The summed E-state index contributed by atoms with van der Waals surface area (Å²) in [6.45, 7) is 5.19. The van der Waals surface area contributed by atoms with Gasteiger partial charge in [0.2, 0.25) is 0 Å². The fraction of sp³-hybridized carbons (Fsp3) is 0.350. The van der Waals surface area contributed by atoms with Crippen LogP contribution in [0.3, 0.4) is 0 Å². The molecule has 3 N–H and O–H groups in total. The van der Waals surface area contributed by atoms with Crippen LogP contribution in [0.15, 0.2) is 47.5 Å². The first-order valence-corrected chi connectivity index (χ1v) is 9.55. The number of rotatable bonds is 6. The Morgan fingerprint density at radius 2 is 2.04 bits per heavy atom. The van der Waals surface area contributed by atoms with Crippen LogP contribution in [0.4, 0.5) is 0 Å². The molecule has 0 saturated carbocycles. The summed E-state index contributed by atoms with van der Waals surface area (Å²) in [6, 6.07) is 15.3. The van der Waals surface area contributed by atoms with Gasteiger partial charge >= 0.3 is 0 Å². The molecule has 4 nitrogen and oxygen atoms in total. The summed E-state index contributed by atoms with van der Waals surface area (Å²) < 4.78 is 0. The number of thiophene rings is 1. The fourth-order valence-electron chi connectivity index (χ4n) is 2.96. The van der Waals surface area contributed by atoms with Crippen molar-refractivity contribution in [3.63, 3.8) is 0 Å². The van der Waals surface area contributed by atoms with E-state index in [0.29, 0.717) is 6.04 Å². The maximum atomic E-state index is 4.34. The highest BCUT2D eigenvalue weighted by molar-refractivity contribution is 14.0. The van der Waals surface area contributed by atoms with Crippen molar-refractivity contribution in [2.24, 2.45) is 4.99 Å². The Morgan fingerprint density at radius 1 is 1.23 bits per heavy atom. The Kier molecular flexibility index (Phi) is 7.96. The summed E-state index contributed by atoms with van der Waals surface area (Å²) in [7, 11) is 1.82. The van der Waals surface area contributed by atoms with Crippen LogP contribution in [0.2, 0.25) is 0 Å². The normalized spacial score (nSPS) is 12.7. The van der Waals surface area contributed by atoms with Gasteiger partial charge in [-0.3, -0.25) is 4.99 Å². The predicted octanol–water partition coefficient (Wildman–Crippen LogP) is 4.49. The number of nitrogens with zero attached hydrogens (tertiary/aromatic N) is 1. The molecule has 1 atom stereocenters. The van der Waals surface area contributed by atoms with Crippen LogP contribution < -0.4 is 10.6 Å². The van der Waals surface area contributed by atoms with Crippen molar-refractivity contribution in [2.75, 3.05) is 13.6 Å². The molecule has 0 saturated heterocycles. The van der Waals surface area contributed by atoms with E-state index in [4.69, 9.17) is 0 Å². The molecule has 1 aromatic carbocycles. The van der Waals surface area contributed by atoms with Crippen LogP contribution >= 0.6 is 35.3 Å². The Morgan fingerprint density at radius 3 is 2.73 bits per heavy atom. The van der Waals surface area contributed by atoms with Crippen molar-refractivity contribution in [2.45, 2.75) is 32.7 Å². The van der Waals surface area contributed by atoms with Crippen molar-refractivity contribution in [3.8, 4) is 0 Å². The van der Waals surface area contributed by atoms with Crippen molar-refractivity contribution < 1.29 is 0 Å². The van der Waals surface area contributed by atoms with E-state index >= 15 is 0 Å². The number of nitrogens with one attached hydrogen (secondary N) is 3. The minimum atomic E-state index is 0. The van der Waals surface area contributed by atoms with Crippen LogP contribution in [0.5, 0.6) is 0 Å². The molecule has 2 aromatic heterocycles. The van der Waals surface area contributed by atoms with Crippen LogP contribution in [-0.2, 0) is 12.8 Å². The monoisotopic (exact) mass is 482 g/mol. The number of guanidine groups is 1. The maximum absolute atomic E-state index is 4.34. The first-order valence-electron chi connectivity index (χ1n) is 8.73. The first-order chi connectivity index (χ1) is 12.1. The molecule has 0 radical (unpaired) electrons. The number of hydrogen-bond donors (Lipinski definition) is 3. The maximum Gasteiger partial charge on any atom is 0.191 e. The summed E-state index contributed by atoms with van der Waals surface area (Å²) in [5.41, 5.74) is 2.44. The van der Waals surface area contributed by atoms with E-state index in [-0.39, 0.29) is 24.0 Å². The molecule has 0 fully saturated rings. The van der Waals surface area contributed by atoms with E-state index in [1.165, 1.54) is 26.4 Å². The molecule has 2 heterocycles. The first kappa shape index (κ1) is 20.8. The minimum absolute atomic E-state index is 0. The van der Waals surface area contributed by atoms with Gasteiger partial charge in [0.25, 0.3) is 0 Å². The van der Waals surface area contributed by atoms with Gasteiger partial charge in [-0.25, -0.2) is 0 Å². The zero-order chi connectivity index (χ0) is 17.6. The van der Waals surface area contributed by atoms with Crippen LogP contribution in [0, 0.1) is 6.92 Å². The van der Waals surface area contributed by atoms with E-state index in [1.807, 2.05) is 18.4 Å².